The van der Waals surface area contributed by atoms with Gasteiger partial charge in [-0.3, -0.25) is 4.79 Å². The minimum absolute atomic E-state index is 0.0382. The number of alkyl halides is 1. The number of hydrogen-bond donors (Lipinski definition) is 1. The topological polar surface area (TPSA) is 38.3 Å². The molecule has 0 spiro atoms. The number of halogens is 1. The lowest BCUT2D eigenvalue weighted by Crippen LogP contribution is -2.41. The van der Waals surface area contributed by atoms with Crippen molar-refractivity contribution in [3.8, 4) is 0 Å². The lowest BCUT2D eigenvalue weighted by molar-refractivity contribution is -0.146. The third kappa shape index (κ3) is 8.70. The van der Waals surface area contributed by atoms with Gasteiger partial charge in [-0.2, -0.15) is 0 Å². The van der Waals surface area contributed by atoms with Gasteiger partial charge in [-0.05, 0) is 26.3 Å². The van der Waals surface area contributed by atoms with E-state index in [1.165, 1.54) is 12.8 Å². The molecule has 1 saturated heterocycles. The Hall–Kier alpha value is -0.280. The number of carbonyl (C=O) groups excluding carboxylic acids is 1. The Labute approximate surface area is 98.5 Å². The molecule has 0 aromatic rings. The molecule has 0 aromatic heterocycles. The van der Waals surface area contributed by atoms with Crippen molar-refractivity contribution in [2.24, 2.45) is 0 Å². The maximum absolute atomic E-state index is 11.1. The van der Waals surface area contributed by atoms with Crippen LogP contribution < -0.4 is 5.32 Å². The van der Waals surface area contributed by atoms with E-state index in [4.69, 9.17) is 4.74 Å². The number of hydrogen-bond acceptors (Lipinski definition) is 3. The number of carbonyl (C=O) groups is 1. The van der Waals surface area contributed by atoms with Gasteiger partial charge < -0.3 is 10.1 Å². The zero-order chi connectivity index (χ0) is 12.1. The van der Waals surface area contributed by atoms with Gasteiger partial charge in [0.05, 0.1) is 6.61 Å². The molecule has 1 N–H and O–H groups in total. The van der Waals surface area contributed by atoms with Crippen molar-refractivity contribution in [3.05, 3.63) is 0 Å². The minimum Gasteiger partial charge on any atom is -0.465 e. The van der Waals surface area contributed by atoms with Gasteiger partial charge in [0.2, 0.25) is 0 Å². The maximum atomic E-state index is 11.1. The molecule has 1 aliphatic heterocycles. The van der Waals surface area contributed by atoms with Crippen LogP contribution in [0.25, 0.3) is 0 Å². The van der Waals surface area contributed by atoms with Gasteiger partial charge in [0.15, 0.2) is 0 Å². The largest absolute Gasteiger partial charge is 0.465 e. The molecule has 0 radical (unpaired) electrons. The smallest absolute Gasteiger partial charge is 0.323 e. The van der Waals surface area contributed by atoms with Crippen LogP contribution in [0.5, 0.6) is 0 Å². The van der Waals surface area contributed by atoms with Gasteiger partial charge >= 0.3 is 5.97 Å². The van der Waals surface area contributed by atoms with Gasteiger partial charge in [0.25, 0.3) is 0 Å². The van der Waals surface area contributed by atoms with Gasteiger partial charge in [0.1, 0.15) is 6.04 Å². The van der Waals surface area contributed by atoms with Crippen molar-refractivity contribution >= 4 is 17.6 Å². The lowest BCUT2D eigenvalue weighted by atomic mass is 10.1. The summed E-state index contributed by atoms with van der Waals surface area (Å²) in [6, 6.07) is -0.0382. The highest BCUT2D eigenvalue weighted by molar-refractivity contribution is 6.15. The van der Waals surface area contributed by atoms with E-state index in [1.54, 1.807) is 0 Å². The highest BCUT2D eigenvalue weighted by Gasteiger charge is 2.20. The predicted octanol–water partition coefficient (Wildman–Crippen LogP) is 2.57. The van der Waals surface area contributed by atoms with Crippen molar-refractivity contribution in [1.29, 1.82) is 0 Å². The second-order valence-electron chi connectivity index (χ2n) is 2.75. The molecular formula is C11H24ClNO2. The van der Waals surface area contributed by atoms with Crippen LogP contribution in [-0.2, 0) is 9.53 Å². The van der Waals surface area contributed by atoms with Crippen LogP contribution >= 0.6 is 11.6 Å². The van der Waals surface area contributed by atoms with E-state index in [2.05, 4.69) is 16.9 Å². The van der Waals surface area contributed by atoms with Crippen LogP contribution in [0.1, 0.15) is 40.0 Å². The summed E-state index contributed by atoms with van der Waals surface area (Å²) in [6.07, 6.45) is 4.71. The quantitative estimate of drug-likeness (QED) is 0.593. The first-order chi connectivity index (χ1) is 7.34. The summed E-state index contributed by atoms with van der Waals surface area (Å²) in [7, 11) is 0. The molecule has 0 bridgehead atoms. The molecule has 1 heterocycles. The average molecular weight is 238 g/mol. The molecule has 1 atom stereocenters. The summed E-state index contributed by atoms with van der Waals surface area (Å²) in [4.78, 5) is 11.1. The minimum atomic E-state index is -0.0906. The molecule has 3 nitrogen and oxygen atoms in total. The Morgan fingerprint density at radius 1 is 1.40 bits per heavy atom. The van der Waals surface area contributed by atoms with Crippen LogP contribution in [0.2, 0.25) is 0 Å². The highest BCUT2D eigenvalue weighted by Crippen LogP contribution is 2.07. The predicted molar refractivity (Wildman–Crippen MR) is 65.4 cm³/mol. The maximum Gasteiger partial charge on any atom is 0.323 e. The third-order valence-electron chi connectivity index (χ3n) is 1.88. The van der Waals surface area contributed by atoms with Crippen LogP contribution in [0, 0.1) is 0 Å². The fourth-order valence-electron chi connectivity index (χ4n) is 1.30. The summed E-state index contributed by atoms with van der Waals surface area (Å²) in [5, 5.41) is 3.13. The van der Waals surface area contributed by atoms with E-state index in [-0.39, 0.29) is 12.0 Å². The molecule has 1 aliphatic rings. The van der Waals surface area contributed by atoms with Crippen molar-refractivity contribution in [2.45, 2.75) is 46.1 Å². The number of piperidine rings is 1. The van der Waals surface area contributed by atoms with E-state index in [9.17, 15) is 4.79 Å². The van der Waals surface area contributed by atoms with Crippen LogP contribution in [0.3, 0.4) is 0 Å². The Balaban J connectivity index is 0. The van der Waals surface area contributed by atoms with E-state index < -0.39 is 0 Å². The summed E-state index contributed by atoms with van der Waals surface area (Å²) >= 11 is 4.64. The zero-order valence-electron chi connectivity index (χ0n) is 10.3. The molecule has 1 unspecified atom stereocenters. The van der Waals surface area contributed by atoms with E-state index in [1.807, 2.05) is 20.8 Å². The van der Waals surface area contributed by atoms with Gasteiger partial charge in [-0.1, -0.05) is 20.3 Å². The summed E-state index contributed by atoms with van der Waals surface area (Å²) in [5.74, 6) is -0.0906. The Morgan fingerprint density at radius 2 is 2.00 bits per heavy atom. The molecule has 4 heteroatoms. The van der Waals surface area contributed by atoms with Crippen molar-refractivity contribution in [2.75, 3.05) is 19.5 Å². The molecule has 0 amide bonds. The molecular weight excluding hydrogens is 214 g/mol. The fraction of sp³-hybridized carbons (Fsp3) is 0.909. The first-order valence-corrected chi connectivity index (χ1v) is 6.38. The number of nitrogens with one attached hydrogen (secondary N) is 1. The molecule has 1 rings (SSSR count). The molecule has 0 aromatic carbocycles. The molecule has 92 valence electrons. The van der Waals surface area contributed by atoms with Gasteiger partial charge in [-0.15, -0.1) is 11.6 Å². The third-order valence-corrected chi connectivity index (χ3v) is 1.88. The van der Waals surface area contributed by atoms with Crippen LogP contribution in [0.15, 0.2) is 0 Å². The summed E-state index contributed by atoms with van der Waals surface area (Å²) < 4.78 is 4.88. The monoisotopic (exact) mass is 237 g/mol. The highest BCUT2D eigenvalue weighted by atomic mass is 35.5. The number of ether oxygens (including phenoxy) is 1. The Bertz CT molecular complexity index is 137. The standard InChI is InChI=1S/C8H15NO2.C2H6.CH3Cl/c1-2-11-8(10)7-5-3-4-6-9-7;2*1-2/h7,9H,2-6H2,1H3;1-2H3;1H3. The Kier molecular flexibility index (Phi) is 15.7. The fourth-order valence-corrected chi connectivity index (χ4v) is 1.30. The van der Waals surface area contributed by atoms with Crippen LogP contribution in [-0.4, -0.2) is 31.5 Å². The molecule has 15 heavy (non-hydrogen) atoms. The van der Waals surface area contributed by atoms with E-state index in [0.29, 0.717) is 6.61 Å². The molecule has 0 saturated carbocycles. The Morgan fingerprint density at radius 3 is 2.40 bits per heavy atom. The normalized spacial score (nSPS) is 18.9. The first kappa shape index (κ1) is 17.1. The SMILES string of the molecule is CC.CCOC(=O)C1CCCCN1.CCl. The van der Waals surface area contributed by atoms with Crippen LogP contribution in [0.4, 0.5) is 0 Å². The van der Waals surface area contributed by atoms with Crippen molar-refractivity contribution in [3.63, 3.8) is 0 Å². The second kappa shape index (κ2) is 13.7. The van der Waals surface area contributed by atoms with Crippen molar-refractivity contribution < 1.29 is 9.53 Å². The van der Waals surface area contributed by atoms with Gasteiger partial charge in [0, 0.05) is 6.38 Å². The second-order valence-corrected chi connectivity index (χ2v) is 2.75. The number of rotatable bonds is 2. The molecule has 1 fully saturated rings. The average Bonchev–Trinajstić information content (AvgIpc) is 2.36. The van der Waals surface area contributed by atoms with E-state index in [0.717, 1.165) is 19.4 Å². The lowest BCUT2D eigenvalue weighted by Gasteiger charge is -2.21. The molecule has 0 aliphatic carbocycles. The van der Waals surface area contributed by atoms with E-state index >= 15 is 0 Å². The first-order valence-electron chi connectivity index (χ1n) is 5.62. The summed E-state index contributed by atoms with van der Waals surface area (Å²) in [6.45, 7) is 7.27. The summed E-state index contributed by atoms with van der Waals surface area (Å²) in [5.41, 5.74) is 0. The number of esters is 1. The van der Waals surface area contributed by atoms with Crippen molar-refractivity contribution in [1.82, 2.24) is 5.32 Å². The zero-order valence-corrected chi connectivity index (χ0v) is 11.1. The van der Waals surface area contributed by atoms with Gasteiger partial charge in [-0.25, -0.2) is 0 Å².